The fraction of sp³-hybridized carbons (Fsp3) is 0.143. The number of hydrogen-bond acceptors (Lipinski definition) is 4. The minimum absolute atomic E-state index is 0.0239. The molecule has 1 atom stereocenters. The molecule has 0 aliphatic carbocycles. The molecule has 160 valence electrons. The number of aromatic nitrogens is 1. The van der Waals surface area contributed by atoms with Gasteiger partial charge in [0, 0.05) is 17.7 Å². The summed E-state index contributed by atoms with van der Waals surface area (Å²) in [4.78, 5) is 7.78. The van der Waals surface area contributed by atoms with Gasteiger partial charge in [0.05, 0.1) is 17.9 Å². The highest BCUT2D eigenvalue weighted by Crippen LogP contribution is 2.38. The SMILES string of the molecule is C[C@@H](c1ccc(F)cc1)c1c(F)ccc2c1NC(=NCc1ncccc1F)NS2(=O)=O. The highest BCUT2D eigenvalue weighted by Gasteiger charge is 2.32. The quantitative estimate of drug-likeness (QED) is 0.637. The van der Waals surface area contributed by atoms with Gasteiger partial charge in [-0.2, -0.15) is 0 Å². The molecule has 1 aromatic heterocycles. The van der Waals surface area contributed by atoms with Crippen LogP contribution in [-0.4, -0.2) is 19.4 Å². The Kier molecular flexibility index (Phi) is 5.40. The third kappa shape index (κ3) is 4.11. The van der Waals surface area contributed by atoms with Crippen LogP contribution in [0.25, 0.3) is 0 Å². The molecular formula is C21H17F3N4O2S. The first-order valence-corrected chi connectivity index (χ1v) is 10.8. The minimum atomic E-state index is -4.05. The smallest absolute Gasteiger partial charge is 0.266 e. The molecule has 1 aliphatic rings. The van der Waals surface area contributed by atoms with Gasteiger partial charge in [0.1, 0.15) is 22.3 Å². The van der Waals surface area contributed by atoms with E-state index in [4.69, 9.17) is 0 Å². The summed E-state index contributed by atoms with van der Waals surface area (Å²) in [5, 5.41) is 2.81. The van der Waals surface area contributed by atoms with Crippen molar-refractivity contribution in [2.75, 3.05) is 5.32 Å². The van der Waals surface area contributed by atoms with Crippen molar-refractivity contribution in [3.63, 3.8) is 0 Å². The van der Waals surface area contributed by atoms with Crippen LogP contribution in [0.15, 0.2) is 64.6 Å². The van der Waals surface area contributed by atoms with Gasteiger partial charge in [-0.25, -0.2) is 31.3 Å². The summed E-state index contributed by atoms with van der Waals surface area (Å²) in [6.45, 7) is 1.45. The predicted molar refractivity (Wildman–Crippen MR) is 110 cm³/mol. The summed E-state index contributed by atoms with van der Waals surface area (Å²) >= 11 is 0. The molecule has 1 aliphatic heterocycles. The van der Waals surface area contributed by atoms with Crippen molar-refractivity contribution in [3.05, 3.63) is 89.0 Å². The zero-order valence-electron chi connectivity index (χ0n) is 16.2. The van der Waals surface area contributed by atoms with Gasteiger partial charge >= 0.3 is 0 Å². The van der Waals surface area contributed by atoms with E-state index in [-0.39, 0.29) is 34.3 Å². The van der Waals surface area contributed by atoms with Gasteiger partial charge < -0.3 is 5.32 Å². The fourth-order valence-corrected chi connectivity index (χ4v) is 4.51. The Morgan fingerprint density at radius 1 is 1.03 bits per heavy atom. The average Bonchev–Trinajstić information content (AvgIpc) is 2.72. The van der Waals surface area contributed by atoms with E-state index in [1.807, 2.05) is 0 Å². The van der Waals surface area contributed by atoms with Gasteiger partial charge in [-0.05, 0) is 42.0 Å². The number of pyridine rings is 1. The second kappa shape index (κ2) is 8.03. The zero-order chi connectivity index (χ0) is 22.2. The van der Waals surface area contributed by atoms with E-state index < -0.39 is 33.4 Å². The van der Waals surface area contributed by atoms with E-state index in [1.165, 1.54) is 42.6 Å². The molecule has 3 aromatic rings. The Balaban J connectivity index is 1.76. The highest BCUT2D eigenvalue weighted by atomic mass is 32.2. The molecule has 0 bridgehead atoms. The molecule has 0 spiro atoms. The lowest BCUT2D eigenvalue weighted by atomic mass is 9.91. The second-order valence-corrected chi connectivity index (χ2v) is 8.59. The summed E-state index contributed by atoms with van der Waals surface area (Å²) in [7, 11) is -4.05. The predicted octanol–water partition coefficient (Wildman–Crippen LogP) is 3.91. The van der Waals surface area contributed by atoms with Crippen molar-refractivity contribution in [2.45, 2.75) is 24.3 Å². The molecule has 0 unspecified atom stereocenters. The second-order valence-electron chi connectivity index (χ2n) is 6.93. The van der Waals surface area contributed by atoms with E-state index in [2.05, 4.69) is 20.0 Å². The standard InChI is InChI=1S/C21H17F3N4O2S/c1-12(13-4-6-14(22)7-5-13)19-16(24)8-9-18-20(19)27-21(28-31(18,29)30)26-11-17-15(23)3-2-10-25-17/h2-10,12H,11H2,1H3,(H2,26,27,28)/t12-/m0/s1. The molecule has 0 radical (unpaired) electrons. The minimum Gasteiger partial charge on any atom is -0.324 e. The van der Waals surface area contributed by atoms with Crippen molar-refractivity contribution in [1.82, 2.24) is 9.71 Å². The zero-order valence-corrected chi connectivity index (χ0v) is 17.1. The van der Waals surface area contributed by atoms with Crippen LogP contribution < -0.4 is 10.0 Å². The van der Waals surface area contributed by atoms with Gasteiger partial charge in [0.25, 0.3) is 10.0 Å². The number of halogens is 3. The molecule has 2 heterocycles. The number of rotatable bonds is 4. The monoisotopic (exact) mass is 446 g/mol. The Morgan fingerprint density at radius 2 is 1.77 bits per heavy atom. The third-order valence-electron chi connectivity index (χ3n) is 4.94. The maximum atomic E-state index is 14.8. The Hall–Kier alpha value is -3.40. The van der Waals surface area contributed by atoms with E-state index in [1.54, 1.807) is 6.92 Å². The van der Waals surface area contributed by atoms with Crippen LogP contribution in [0.1, 0.15) is 29.7 Å². The molecule has 0 saturated carbocycles. The number of benzene rings is 2. The van der Waals surface area contributed by atoms with Gasteiger partial charge in [-0.15, -0.1) is 0 Å². The first kappa shape index (κ1) is 20.9. The lowest BCUT2D eigenvalue weighted by Crippen LogP contribution is -2.41. The number of sulfonamides is 1. The van der Waals surface area contributed by atoms with E-state index >= 15 is 0 Å². The molecule has 0 fully saturated rings. The lowest BCUT2D eigenvalue weighted by molar-refractivity contribution is 0.586. The van der Waals surface area contributed by atoms with E-state index in [0.717, 1.165) is 12.1 Å². The van der Waals surface area contributed by atoms with Gasteiger partial charge in [-0.3, -0.25) is 4.98 Å². The summed E-state index contributed by atoms with van der Waals surface area (Å²) in [5.74, 6) is -2.42. The molecule has 10 heteroatoms. The Labute approximate surface area is 176 Å². The molecule has 2 N–H and O–H groups in total. The molecule has 31 heavy (non-hydrogen) atoms. The number of nitrogens with zero attached hydrogens (tertiary/aromatic N) is 2. The van der Waals surface area contributed by atoms with Crippen molar-refractivity contribution < 1.29 is 21.6 Å². The van der Waals surface area contributed by atoms with Crippen molar-refractivity contribution in [2.24, 2.45) is 4.99 Å². The van der Waals surface area contributed by atoms with Crippen LogP contribution in [0.2, 0.25) is 0 Å². The maximum absolute atomic E-state index is 14.8. The van der Waals surface area contributed by atoms with Crippen LogP contribution in [0, 0.1) is 17.5 Å². The first-order valence-electron chi connectivity index (χ1n) is 9.28. The van der Waals surface area contributed by atoms with Gasteiger partial charge in [0.15, 0.2) is 0 Å². The summed E-state index contributed by atoms with van der Waals surface area (Å²) in [5.41, 5.74) is 0.739. The number of hydrogen-bond donors (Lipinski definition) is 2. The summed E-state index contributed by atoms with van der Waals surface area (Å²) < 4.78 is 69.7. The Morgan fingerprint density at radius 3 is 2.48 bits per heavy atom. The normalized spacial score (nSPS) is 16.8. The number of anilines is 1. The topological polar surface area (TPSA) is 83.4 Å². The van der Waals surface area contributed by atoms with E-state index in [0.29, 0.717) is 5.56 Å². The number of aliphatic imine (C=N–C) groups is 1. The van der Waals surface area contributed by atoms with Crippen LogP contribution >= 0.6 is 0 Å². The van der Waals surface area contributed by atoms with E-state index in [9.17, 15) is 21.6 Å². The van der Waals surface area contributed by atoms with Crippen LogP contribution in [0.5, 0.6) is 0 Å². The van der Waals surface area contributed by atoms with Crippen LogP contribution in [0.4, 0.5) is 18.9 Å². The number of nitrogens with one attached hydrogen (secondary N) is 2. The fourth-order valence-electron chi connectivity index (χ4n) is 3.36. The maximum Gasteiger partial charge on any atom is 0.266 e. The summed E-state index contributed by atoms with van der Waals surface area (Å²) in [6.07, 6.45) is 1.39. The van der Waals surface area contributed by atoms with Crippen molar-refractivity contribution in [1.29, 1.82) is 0 Å². The lowest BCUT2D eigenvalue weighted by Gasteiger charge is -2.26. The first-order chi connectivity index (χ1) is 14.8. The highest BCUT2D eigenvalue weighted by molar-refractivity contribution is 7.90. The van der Waals surface area contributed by atoms with Gasteiger partial charge in [0.2, 0.25) is 5.96 Å². The number of fused-ring (bicyclic) bond motifs is 1. The molecule has 0 amide bonds. The third-order valence-corrected chi connectivity index (χ3v) is 6.32. The van der Waals surface area contributed by atoms with Gasteiger partial charge in [-0.1, -0.05) is 19.1 Å². The van der Waals surface area contributed by atoms with Crippen molar-refractivity contribution >= 4 is 21.7 Å². The average molecular weight is 446 g/mol. The molecule has 2 aromatic carbocycles. The largest absolute Gasteiger partial charge is 0.324 e. The Bertz CT molecular complexity index is 1280. The van der Waals surface area contributed by atoms with Crippen LogP contribution in [0.3, 0.4) is 0 Å². The molecule has 4 rings (SSSR count). The van der Waals surface area contributed by atoms with Crippen LogP contribution in [-0.2, 0) is 16.6 Å². The van der Waals surface area contributed by atoms with Crippen molar-refractivity contribution in [3.8, 4) is 0 Å². The molecule has 0 saturated heterocycles. The number of guanidine groups is 1. The molecule has 6 nitrogen and oxygen atoms in total. The summed E-state index contributed by atoms with van der Waals surface area (Å²) in [6, 6.07) is 10.4. The molecular weight excluding hydrogens is 429 g/mol.